The van der Waals surface area contributed by atoms with Crippen molar-refractivity contribution >= 4 is 16.8 Å². The monoisotopic (exact) mass is 282 g/mol. The topological polar surface area (TPSA) is 104 Å². The number of phenolic OH excluding ortho intramolecular Hbond substituents is 3. The fourth-order valence-corrected chi connectivity index (χ4v) is 1.95. The lowest BCUT2D eigenvalue weighted by Gasteiger charge is -2.05. The van der Waals surface area contributed by atoms with Crippen molar-refractivity contribution < 1.29 is 20.1 Å². The summed E-state index contributed by atoms with van der Waals surface area (Å²) in [6, 6.07) is 9.22. The molecule has 0 radical (unpaired) electrons. The molecule has 0 aliphatic heterocycles. The molecule has 1 aromatic heterocycles. The van der Waals surface area contributed by atoms with Gasteiger partial charge in [0.2, 0.25) is 5.78 Å². The largest absolute Gasteiger partial charge is 0.504 e. The number of ketones is 1. The normalized spacial score (nSPS) is 10.7. The number of nitrogens with zero attached hydrogens (tertiary/aromatic N) is 2. The van der Waals surface area contributed by atoms with Gasteiger partial charge < -0.3 is 15.3 Å². The Labute approximate surface area is 119 Å². The minimum absolute atomic E-state index is 0.00683. The molecular formula is C15H10N2O4. The average Bonchev–Trinajstić information content (AvgIpc) is 2.51. The van der Waals surface area contributed by atoms with Gasteiger partial charge in [-0.05, 0) is 24.3 Å². The predicted octanol–water partition coefficient (Wildman–Crippen LogP) is 1.98. The number of carbonyl (C=O) groups excluding carboxylic acids is 1. The molecule has 0 fully saturated rings. The summed E-state index contributed by atoms with van der Waals surface area (Å²) in [5, 5.41) is 28.2. The van der Waals surface area contributed by atoms with Gasteiger partial charge in [-0.1, -0.05) is 12.1 Å². The van der Waals surface area contributed by atoms with E-state index in [1.165, 1.54) is 6.20 Å². The van der Waals surface area contributed by atoms with Crippen molar-refractivity contribution in [3.63, 3.8) is 0 Å². The summed E-state index contributed by atoms with van der Waals surface area (Å²) in [6.45, 7) is 0. The molecular weight excluding hydrogens is 272 g/mol. The first-order valence-electron chi connectivity index (χ1n) is 6.07. The molecule has 0 atom stereocenters. The number of aromatic nitrogens is 2. The number of hydrogen-bond acceptors (Lipinski definition) is 6. The quantitative estimate of drug-likeness (QED) is 0.490. The molecule has 0 amide bonds. The lowest BCUT2D eigenvalue weighted by atomic mass is 10.1. The van der Waals surface area contributed by atoms with Crippen LogP contribution in [0.15, 0.2) is 42.6 Å². The second-order valence-electron chi connectivity index (χ2n) is 4.44. The van der Waals surface area contributed by atoms with E-state index >= 15 is 0 Å². The van der Waals surface area contributed by atoms with E-state index in [1.54, 1.807) is 18.2 Å². The van der Waals surface area contributed by atoms with Crippen LogP contribution in [0, 0.1) is 0 Å². The Balaban J connectivity index is 2.08. The van der Waals surface area contributed by atoms with Crippen molar-refractivity contribution in [1.29, 1.82) is 0 Å². The van der Waals surface area contributed by atoms with Crippen molar-refractivity contribution in [2.24, 2.45) is 0 Å². The molecule has 6 heteroatoms. The van der Waals surface area contributed by atoms with Crippen molar-refractivity contribution in [1.82, 2.24) is 9.97 Å². The molecule has 0 bridgehead atoms. The van der Waals surface area contributed by atoms with Crippen LogP contribution in [0.3, 0.4) is 0 Å². The summed E-state index contributed by atoms with van der Waals surface area (Å²) < 4.78 is 0. The van der Waals surface area contributed by atoms with Crippen LogP contribution in [-0.2, 0) is 0 Å². The summed E-state index contributed by atoms with van der Waals surface area (Å²) in [5.74, 6) is -2.34. The van der Waals surface area contributed by atoms with E-state index in [9.17, 15) is 20.1 Å². The summed E-state index contributed by atoms with van der Waals surface area (Å²) in [6.07, 6.45) is 1.33. The number of para-hydroxylation sites is 2. The molecule has 6 nitrogen and oxygen atoms in total. The van der Waals surface area contributed by atoms with Gasteiger partial charge in [0.1, 0.15) is 5.69 Å². The molecule has 3 rings (SSSR count). The van der Waals surface area contributed by atoms with E-state index in [2.05, 4.69) is 9.97 Å². The first-order chi connectivity index (χ1) is 10.1. The standard InChI is InChI=1S/C15H10N2O4/c18-12-5-8(6-13(19)15(12)21)14(20)11-7-16-9-3-1-2-4-10(9)17-11/h1-7,18-19,21H. The number of rotatable bonds is 2. The summed E-state index contributed by atoms with van der Waals surface area (Å²) in [4.78, 5) is 20.6. The van der Waals surface area contributed by atoms with E-state index in [1.807, 2.05) is 6.07 Å². The van der Waals surface area contributed by atoms with E-state index in [0.29, 0.717) is 11.0 Å². The van der Waals surface area contributed by atoms with Crippen molar-refractivity contribution in [2.45, 2.75) is 0 Å². The Hall–Kier alpha value is -3.15. The van der Waals surface area contributed by atoms with Crippen molar-refractivity contribution in [3.8, 4) is 17.2 Å². The Morgan fingerprint density at radius 2 is 1.57 bits per heavy atom. The zero-order valence-corrected chi connectivity index (χ0v) is 10.7. The van der Waals surface area contributed by atoms with Gasteiger partial charge in [0.15, 0.2) is 17.2 Å². The SMILES string of the molecule is O=C(c1cc(O)c(O)c(O)c1)c1cnc2ccccc2n1. The highest BCUT2D eigenvalue weighted by atomic mass is 16.3. The van der Waals surface area contributed by atoms with Gasteiger partial charge in [-0.3, -0.25) is 9.78 Å². The molecule has 0 saturated carbocycles. The average molecular weight is 282 g/mol. The number of phenols is 3. The van der Waals surface area contributed by atoms with Gasteiger partial charge in [-0.25, -0.2) is 4.98 Å². The Morgan fingerprint density at radius 1 is 0.952 bits per heavy atom. The van der Waals surface area contributed by atoms with Crippen LogP contribution in [0.5, 0.6) is 17.2 Å². The van der Waals surface area contributed by atoms with Gasteiger partial charge in [-0.15, -0.1) is 0 Å². The Kier molecular flexibility index (Phi) is 2.91. The first kappa shape index (κ1) is 12.9. The second-order valence-corrected chi connectivity index (χ2v) is 4.44. The van der Waals surface area contributed by atoms with Gasteiger partial charge in [0, 0.05) is 5.56 Å². The van der Waals surface area contributed by atoms with Gasteiger partial charge in [-0.2, -0.15) is 0 Å². The lowest BCUT2D eigenvalue weighted by molar-refractivity contribution is 0.103. The lowest BCUT2D eigenvalue weighted by Crippen LogP contribution is -2.05. The molecule has 2 aromatic carbocycles. The third kappa shape index (κ3) is 2.23. The summed E-state index contributed by atoms with van der Waals surface area (Å²) in [5.41, 5.74) is 1.31. The van der Waals surface area contributed by atoms with Crippen LogP contribution in [0.1, 0.15) is 16.1 Å². The molecule has 0 unspecified atom stereocenters. The highest BCUT2D eigenvalue weighted by molar-refractivity contribution is 6.08. The van der Waals surface area contributed by atoms with E-state index in [-0.39, 0.29) is 11.3 Å². The first-order valence-corrected chi connectivity index (χ1v) is 6.07. The van der Waals surface area contributed by atoms with Gasteiger partial charge in [0.05, 0.1) is 17.2 Å². The Bertz CT molecular complexity index is 838. The number of hydrogen-bond donors (Lipinski definition) is 3. The van der Waals surface area contributed by atoms with E-state index in [0.717, 1.165) is 12.1 Å². The van der Waals surface area contributed by atoms with Crippen LogP contribution in [0.2, 0.25) is 0 Å². The minimum Gasteiger partial charge on any atom is -0.504 e. The Morgan fingerprint density at radius 3 is 2.24 bits per heavy atom. The molecule has 0 spiro atoms. The van der Waals surface area contributed by atoms with Crippen molar-refractivity contribution in [3.05, 3.63) is 53.9 Å². The van der Waals surface area contributed by atoms with E-state index < -0.39 is 23.0 Å². The zero-order valence-electron chi connectivity index (χ0n) is 10.7. The highest BCUT2D eigenvalue weighted by Crippen LogP contribution is 2.35. The summed E-state index contributed by atoms with van der Waals surface area (Å²) >= 11 is 0. The number of fused-ring (bicyclic) bond motifs is 1. The van der Waals surface area contributed by atoms with Crippen LogP contribution in [0.4, 0.5) is 0 Å². The van der Waals surface area contributed by atoms with Crippen LogP contribution < -0.4 is 0 Å². The second kappa shape index (κ2) is 4.75. The molecule has 3 aromatic rings. The zero-order chi connectivity index (χ0) is 15.0. The van der Waals surface area contributed by atoms with Crippen LogP contribution >= 0.6 is 0 Å². The maximum Gasteiger partial charge on any atom is 0.213 e. The molecule has 1 heterocycles. The number of benzene rings is 2. The number of carbonyl (C=O) groups is 1. The van der Waals surface area contributed by atoms with Crippen LogP contribution in [-0.4, -0.2) is 31.1 Å². The van der Waals surface area contributed by atoms with Gasteiger partial charge >= 0.3 is 0 Å². The maximum absolute atomic E-state index is 12.3. The molecule has 21 heavy (non-hydrogen) atoms. The third-order valence-corrected chi connectivity index (χ3v) is 3.01. The highest BCUT2D eigenvalue weighted by Gasteiger charge is 2.16. The fraction of sp³-hybridized carbons (Fsp3) is 0. The molecule has 3 N–H and O–H groups in total. The molecule has 0 aliphatic rings. The molecule has 0 saturated heterocycles. The smallest absolute Gasteiger partial charge is 0.213 e. The van der Waals surface area contributed by atoms with Crippen LogP contribution in [0.25, 0.3) is 11.0 Å². The predicted molar refractivity (Wildman–Crippen MR) is 74.4 cm³/mol. The maximum atomic E-state index is 12.3. The molecule has 0 aliphatic carbocycles. The third-order valence-electron chi connectivity index (χ3n) is 3.01. The van der Waals surface area contributed by atoms with Crippen molar-refractivity contribution in [2.75, 3.05) is 0 Å². The minimum atomic E-state index is -0.670. The number of aromatic hydroxyl groups is 3. The molecule has 104 valence electrons. The fourth-order valence-electron chi connectivity index (χ4n) is 1.95. The van der Waals surface area contributed by atoms with E-state index in [4.69, 9.17) is 0 Å². The van der Waals surface area contributed by atoms with Gasteiger partial charge in [0.25, 0.3) is 0 Å². The summed E-state index contributed by atoms with van der Waals surface area (Å²) in [7, 11) is 0.